The van der Waals surface area contributed by atoms with Gasteiger partial charge in [-0.2, -0.15) is 0 Å². The first kappa shape index (κ1) is 11.9. The van der Waals surface area contributed by atoms with Crippen LogP contribution in [-0.4, -0.2) is 42.6 Å². The van der Waals surface area contributed by atoms with Crippen molar-refractivity contribution in [3.05, 3.63) is 0 Å². The van der Waals surface area contributed by atoms with Crippen molar-refractivity contribution in [2.45, 2.75) is 50.7 Å². The summed E-state index contributed by atoms with van der Waals surface area (Å²) in [6.45, 7) is 2.51. The Balaban J connectivity index is 1.65. The molecule has 2 N–H and O–H groups in total. The molecule has 2 heterocycles. The van der Waals surface area contributed by atoms with E-state index in [1.807, 2.05) is 4.90 Å². The lowest BCUT2D eigenvalue weighted by molar-refractivity contribution is -0.133. The Bertz CT molecular complexity index is 239. The van der Waals surface area contributed by atoms with Crippen LogP contribution in [0.25, 0.3) is 0 Å². The molecule has 2 saturated heterocycles. The molecule has 4 nitrogen and oxygen atoms in total. The van der Waals surface area contributed by atoms with Gasteiger partial charge in [-0.05, 0) is 32.1 Å². The van der Waals surface area contributed by atoms with Gasteiger partial charge in [0.15, 0.2) is 0 Å². The highest BCUT2D eigenvalue weighted by Crippen LogP contribution is 2.18. The lowest BCUT2D eigenvalue weighted by atomic mass is 10.0. The highest BCUT2D eigenvalue weighted by Gasteiger charge is 2.23. The van der Waals surface area contributed by atoms with Gasteiger partial charge < -0.3 is 15.4 Å². The van der Waals surface area contributed by atoms with Gasteiger partial charge in [0, 0.05) is 32.2 Å². The highest BCUT2D eigenvalue weighted by molar-refractivity contribution is 5.77. The van der Waals surface area contributed by atoms with E-state index in [4.69, 9.17) is 10.5 Å². The lowest BCUT2D eigenvalue weighted by Gasteiger charge is -2.30. The zero-order valence-corrected chi connectivity index (χ0v) is 9.86. The van der Waals surface area contributed by atoms with Gasteiger partial charge in [-0.15, -0.1) is 0 Å². The maximum atomic E-state index is 11.6. The van der Waals surface area contributed by atoms with Crippen LogP contribution in [0.15, 0.2) is 0 Å². The maximum Gasteiger partial charge on any atom is 0.222 e. The predicted molar refractivity (Wildman–Crippen MR) is 62.0 cm³/mol. The third-order valence-corrected chi connectivity index (χ3v) is 3.51. The Morgan fingerprint density at radius 2 is 2.31 bits per heavy atom. The predicted octanol–water partition coefficient (Wildman–Crippen LogP) is 0.895. The Morgan fingerprint density at radius 3 is 3.06 bits per heavy atom. The molecule has 2 aliphatic rings. The minimum atomic E-state index is 0.181. The number of likely N-dealkylation sites (tertiary alicyclic amines) is 1. The van der Waals surface area contributed by atoms with E-state index in [2.05, 4.69) is 0 Å². The fraction of sp³-hybridized carbons (Fsp3) is 0.917. The summed E-state index contributed by atoms with van der Waals surface area (Å²) in [5, 5.41) is 0. The van der Waals surface area contributed by atoms with Crippen molar-refractivity contribution in [2.24, 2.45) is 5.73 Å². The standard InChI is InChI=1S/C12H22N2O2/c13-10-5-6-12(15)14(9-10)7-1-3-11-4-2-8-16-11/h10-11H,1-9,13H2. The third kappa shape index (κ3) is 3.19. The van der Waals surface area contributed by atoms with Crippen molar-refractivity contribution in [3.8, 4) is 0 Å². The smallest absolute Gasteiger partial charge is 0.222 e. The van der Waals surface area contributed by atoms with E-state index in [0.717, 1.165) is 39.0 Å². The molecule has 0 saturated carbocycles. The van der Waals surface area contributed by atoms with Crippen molar-refractivity contribution in [1.29, 1.82) is 0 Å². The summed E-state index contributed by atoms with van der Waals surface area (Å²) in [7, 11) is 0. The first-order valence-electron chi connectivity index (χ1n) is 6.40. The lowest BCUT2D eigenvalue weighted by Crippen LogP contribution is -2.46. The number of ether oxygens (including phenoxy) is 1. The maximum absolute atomic E-state index is 11.6. The van der Waals surface area contributed by atoms with E-state index in [1.54, 1.807) is 0 Å². The van der Waals surface area contributed by atoms with Crippen LogP contribution >= 0.6 is 0 Å². The number of hydrogen-bond acceptors (Lipinski definition) is 3. The molecule has 4 heteroatoms. The number of nitrogens with zero attached hydrogens (tertiary/aromatic N) is 1. The van der Waals surface area contributed by atoms with Gasteiger partial charge in [-0.3, -0.25) is 4.79 Å². The molecule has 2 rings (SSSR count). The zero-order valence-electron chi connectivity index (χ0n) is 9.86. The Hall–Kier alpha value is -0.610. The van der Waals surface area contributed by atoms with Crippen molar-refractivity contribution in [2.75, 3.05) is 19.7 Å². The van der Waals surface area contributed by atoms with Crippen molar-refractivity contribution >= 4 is 5.91 Å². The molecule has 0 aromatic carbocycles. The summed E-state index contributed by atoms with van der Waals surface area (Å²) < 4.78 is 5.56. The zero-order chi connectivity index (χ0) is 11.4. The fourth-order valence-electron chi connectivity index (χ4n) is 2.54. The van der Waals surface area contributed by atoms with Crippen LogP contribution in [0.4, 0.5) is 0 Å². The molecule has 0 aliphatic carbocycles. The summed E-state index contributed by atoms with van der Waals surface area (Å²) in [4.78, 5) is 13.5. The Kier molecular flexibility index (Phi) is 4.18. The van der Waals surface area contributed by atoms with Crippen molar-refractivity contribution in [3.63, 3.8) is 0 Å². The molecule has 1 amide bonds. The molecule has 2 aliphatic heterocycles. The molecule has 2 unspecified atom stereocenters. The van der Waals surface area contributed by atoms with E-state index >= 15 is 0 Å². The van der Waals surface area contributed by atoms with E-state index in [1.165, 1.54) is 12.8 Å². The van der Waals surface area contributed by atoms with E-state index in [9.17, 15) is 4.79 Å². The molecule has 0 aromatic heterocycles. The van der Waals surface area contributed by atoms with Crippen molar-refractivity contribution in [1.82, 2.24) is 4.90 Å². The van der Waals surface area contributed by atoms with Crippen molar-refractivity contribution < 1.29 is 9.53 Å². The number of hydrogen-bond donors (Lipinski definition) is 1. The molecule has 0 aromatic rings. The second-order valence-electron chi connectivity index (χ2n) is 4.92. The van der Waals surface area contributed by atoms with Gasteiger partial charge in [0.05, 0.1) is 6.10 Å². The van der Waals surface area contributed by atoms with Gasteiger partial charge in [0.1, 0.15) is 0 Å². The molecule has 16 heavy (non-hydrogen) atoms. The van der Waals surface area contributed by atoms with Crippen LogP contribution in [0.2, 0.25) is 0 Å². The van der Waals surface area contributed by atoms with Crippen LogP contribution in [-0.2, 0) is 9.53 Å². The molecule has 0 radical (unpaired) electrons. The van der Waals surface area contributed by atoms with E-state index in [-0.39, 0.29) is 11.9 Å². The Labute approximate surface area is 97.1 Å². The van der Waals surface area contributed by atoms with Gasteiger partial charge in [-0.25, -0.2) is 0 Å². The number of amides is 1. The molecular formula is C12H22N2O2. The quantitative estimate of drug-likeness (QED) is 0.774. The second kappa shape index (κ2) is 5.64. The summed E-state index contributed by atoms with van der Waals surface area (Å²) in [5.41, 5.74) is 5.86. The number of piperidine rings is 1. The fourth-order valence-corrected chi connectivity index (χ4v) is 2.54. The number of nitrogens with two attached hydrogens (primary N) is 1. The summed E-state index contributed by atoms with van der Waals surface area (Å²) in [6, 6.07) is 0.181. The van der Waals surface area contributed by atoms with Crippen LogP contribution in [0, 0.1) is 0 Å². The van der Waals surface area contributed by atoms with Crippen LogP contribution < -0.4 is 5.73 Å². The van der Waals surface area contributed by atoms with Gasteiger partial charge >= 0.3 is 0 Å². The third-order valence-electron chi connectivity index (χ3n) is 3.51. The second-order valence-corrected chi connectivity index (χ2v) is 4.92. The molecule has 0 spiro atoms. The first-order valence-corrected chi connectivity index (χ1v) is 6.40. The molecule has 2 fully saturated rings. The Morgan fingerprint density at radius 1 is 1.44 bits per heavy atom. The number of carbonyl (C=O) groups excluding carboxylic acids is 1. The monoisotopic (exact) mass is 226 g/mol. The van der Waals surface area contributed by atoms with Crippen LogP contribution in [0.3, 0.4) is 0 Å². The SMILES string of the molecule is NC1CCC(=O)N(CCCC2CCCO2)C1. The average molecular weight is 226 g/mol. The summed E-state index contributed by atoms with van der Waals surface area (Å²) in [6.07, 6.45) is 6.42. The van der Waals surface area contributed by atoms with Crippen LogP contribution in [0.5, 0.6) is 0 Å². The largest absolute Gasteiger partial charge is 0.378 e. The molecule has 0 bridgehead atoms. The normalized spacial score (nSPS) is 31.1. The average Bonchev–Trinajstić information content (AvgIpc) is 2.76. The highest BCUT2D eigenvalue weighted by atomic mass is 16.5. The molecule has 92 valence electrons. The summed E-state index contributed by atoms with van der Waals surface area (Å²) >= 11 is 0. The van der Waals surface area contributed by atoms with Crippen LogP contribution in [0.1, 0.15) is 38.5 Å². The van der Waals surface area contributed by atoms with E-state index < -0.39 is 0 Å². The van der Waals surface area contributed by atoms with E-state index in [0.29, 0.717) is 12.5 Å². The topological polar surface area (TPSA) is 55.6 Å². The minimum absolute atomic E-state index is 0.181. The van der Waals surface area contributed by atoms with Gasteiger partial charge in [-0.1, -0.05) is 0 Å². The molecular weight excluding hydrogens is 204 g/mol. The van der Waals surface area contributed by atoms with Gasteiger partial charge in [0.25, 0.3) is 0 Å². The van der Waals surface area contributed by atoms with Gasteiger partial charge in [0.2, 0.25) is 5.91 Å². The molecule has 2 atom stereocenters. The number of carbonyl (C=O) groups is 1. The first-order chi connectivity index (χ1) is 7.75. The summed E-state index contributed by atoms with van der Waals surface area (Å²) in [5.74, 6) is 0.272. The minimum Gasteiger partial charge on any atom is -0.378 e. The number of rotatable bonds is 4.